The van der Waals surface area contributed by atoms with Crippen molar-refractivity contribution < 1.29 is 9.53 Å². The summed E-state index contributed by atoms with van der Waals surface area (Å²) in [6.07, 6.45) is 2.33. The minimum Gasteiger partial charge on any atom is -0.379 e. The van der Waals surface area contributed by atoms with Crippen LogP contribution in [0.15, 0.2) is 12.1 Å². The molecule has 1 saturated heterocycles. The molecule has 1 amide bonds. The largest absolute Gasteiger partial charge is 0.379 e. The molecule has 27 heavy (non-hydrogen) atoms. The van der Waals surface area contributed by atoms with Gasteiger partial charge in [-0.2, -0.15) is 0 Å². The molecule has 0 saturated carbocycles. The second-order valence-electron chi connectivity index (χ2n) is 6.62. The molecule has 0 N–H and O–H groups in total. The van der Waals surface area contributed by atoms with Crippen molar-refractivity contribution in [1.82, 2.24) is 9.88 Å². The second kappa shape index (κ2) is 10.6. The Hall–Kier alpha value is -0.920. The average Bonchev–Trinajstić information content (AvgIpc) is 3.07. The van der Waals surface area contributed by atoms with Crippen LogP contribution in [0.25, 0.3) is 10.2 Å². The summed E-state index contributed by atoms with van der Waals surface area (Å²) in [6, 6.07) is 3.89. The number of carbonyl (C=O) groups is 1. The van der Waals surface area contributed by atoms with Crippen molar-refractivity contribution in [1.29, 1.82) is 0 Å². The molecule has 1 aliphatic rings. The molecule has 1 aliphatic heterocycles. The molecular weight excluding hydrogens is 405 g/mol. The molecule has 0 aliphatic carbocycles. The lowest BCUT2D eigenvalue weighted by molar-refractivity contribution is -0.118. The van der Waals surface area contributed by atoms with E-state index >= 15 is 0 Å². The van der Waals surface area contributed by atoms with Crippen LogP contribution in [0.2, 0.25) is 5.02 Å². The monoisotopic (exact) mass is 431 g/mol. The van der Waals surface area contributed by atoms with Crippen molar-refractivity contribution in [3.63, 3.8) is 0 Å². The molecule has 0 atom stereocenters. The number of benzene rings is 1. The normalized spacial score (nSPS) is 14.9. The number of hydrogen-bond acceptors (Lipinski definition) is 5. The first kappa shape index (κ1) is 22.4. The van der Waals surface area contributed by atoms with E-state index in [1.807, 2.05) is 30.9 Å². The first-order chi connectivity index (χ1) is 12.6. The van der Waals surface area contributed by atoms with Crippen molar-refractivity contribution >= 4 is 56.6 Å². The SMILES string of the molecule is CCCC(=O)N(CCCN1CCOCC1)c1nc2c(C)c(Cl)ccc2s1.Cl. The highest BCUT2D eigenvalue weighted by Crippen LogP contribution is 2.34. The maximum Gasteiger partial charge on any atom is 0.228 e. The fraction of sp³-hybridized carbons (Fsp3) is 0.579. The number of aryl methyl sites for hydroxylation is 1. The van der Waals surface area contributed by atoms with E-state index in [0.29, 0.717) is 18.0 Å². The van der Waals surface area contributed by atoms with E-state index in [1.165, 1.54) is 0 Å². The van der Waals surface area contributed by atoms with Crippen LogP contribution in [0.5, 0.6) is 0 Å². The summed E-state index contributed by atoms with van der Waals surface area (Å²) in [5.74, 6) is 0.150. The smallest absolute Gasteiger partial charge is 0.228 e. The maximum absolute atomic E-state index is 12.7. The number of morpholine rings is 1. The third-order valence-electron chi connectivity index (χ3n) is 4.69. The van der Waals surface area contributed by atoms with Gasteiger partial charge in [0.05, 0.1) is 23.4 Å². The Labute approximate surface area is 176 Å². The minimum absolute atomic E-state index is 0. The van der Waals surface area contributed by atoms with Crippen molar-refractivity contribution in [3.8, 4) is 0 Å². The summed E-state index contributed by atoms with van der Waals surface area (Å²) in [5, 5.41) is 1.50. The fourth-order valence-electron chi connectivity index (χ4n) is 3.16. The maximum atomic E-state index is 12.7. The molecule has 0 bridgehead atoms. The molecule has 5 nitrogen and oxygen atoms in total. The molecule has 1 fully saturated rings. The van der Waals surface area contributed by atoms with Gasteiger partial charge in [0.25, 0.3) is 0 Å². The molecule has 2 aromatic rings. The Bertz CT molecular complexity index is 763. The lowest BCUT2D eigenvalue weighted by Crippen LogP contribution is -2.39. The number of nitrogens with zero attached hydrogens (tertiary/aromatic N) is 3. The van der Waals surface area contributed by atoms with Gasteiger partial charge < -0.3 is 4.74 Å². The average molecular weight is 432 g/mol. The molecule has 0 spiro atoms. The number of aromatic nitrogens is 1. The van der Waals surface area contributed by atoms with Gasteiger partial charge in [-0.3, -0.25) is 14.6 Å². The molecule has 0 unspecified atom stereocenters. The fourth-order valence-corrected chi connectivity index (χ4v) is 4.38. The van der Waals surface area contributed by atoms with E-state index < -0.39 is 0 Å². The van der Waals surface area contributed by atoms with Crippen LogP contribution in [-0.4, -0.2) is 55.2 Å². The van der Waals surface area contributed by atoms with Gasteiger partial charge in [0.1, 0.15) is 0 Å². The summed E-state index contributed by atoms with van der Waals surface area (Å²) in [5.41, 5.74) is 1.88. The zero-order chi connectivity index (χ0) is 18.5. The van der Waals surface area contributed by atoms with Crippen LogP contribution in [0, 0.1) is 6.92 Å². The van der Waals surface area contributed by atoms with E-state index in [2.05, 4.69) is 4.90 Å². The summed E-state index contributed by atoms with van der Waals surface area (Å²) in [7, 11) is 0. The van der Waals surface area contributed by atoms with E-state index in [0.717, 1.165) is 66.6 Å². The molecule has 1 aromatic heterocycles. The number of ether oxygens (including phenoxy) is 1. The highest BCUT2D eigenvalue weighted by atomic mass is 35.5. The van der Waals surface area contributed by atoms with Crippen LogP contribution >= 0.6 is 35.3 Å². The first-order valence-corrected chi connectivity index (χ1v) is 10.5. The summed E-state index contributed by atoms with van der Waals surface area (Å²) >= 11 is 7.80. The van der Waals surface area contributed by atoms with Crippen LogP contribution < -0.4 is 4.90 Å². The van der Waals surface area contributed by atoms with Gasteiger partial charge in [0.2, 0.25) is 5.91 Å². The Morgan fingerprint density at radius 2 is 2.11 bits per heavy atom. The predicted octanol–water partition coefficient (Wildman–Crippen LogP) is 4.54. The van der Waals surface area contributed by atoms with Crippen molar-refractivity contribution in [2.45, 2.75) is 33.1 Å². The Kier molecular flexibility index (Phi) is 8.76. The molecule has 8 heteroatoms. The zero-order valence-electron chi connectivity index (χ0n) is 15.9. The highest BCUT2D eigenvalue weighted by molar-refractivity contribution is 7.22. The lowest BCUT2D eigenvalue weighted by Gasteiger charge is -2.27. The number of hydrogen-bond donors (Lipinski definition) is 0. The van der Waals surface area contributed by atoms with Crippen LogP contribution in [0.4, 0.5) is 5.13 Å². The Morgan fingerprint density at radius 1 is 1.37 bits per heavy atom. The van der Waals surface area contributed by atoms with Crippen LogP contribution in [0.3, 0.4) is 0 Å². The van der Waals surface area contributed by atoms with Crippen LogP contribution in [-0.2, 0) is 9.53 Å². The number of carbonyl (C=O) groups excluding carboxylic acids is 1. The van der Waals surface area contributed by atoms with Crippen LogP contribution in [0.1, 0.15) is 31.7 Å². The molecule has 2 heterocycles. The van der Waals surface area contributed by atoms with Crippen molar-refractivity contribution in [2.24, 2.45) is 0 Å². The van der Waals surface area contributed by atoms with Gasteiger partial charge in [-0.25, -0.2) is 4.98 Å². The standard InChI is InChI=1S/C19H26ClN3O2S.ClH/c1-3-5-17(24)23(9-4-8-22-10-12-25-13-11-22)19-21-18-14(2)15(20)6-7-16(18)26-19;/h6-7H,3-5,8-13H2,1-2H3;1H. The van der Waals surface area contributed by atoms with E-state index in [1.54, 1.807) is 11.3 Å². The molecule has 1 aromatic carbocycles. The van der Waals surface area contributed by atoms with Gasteiger partial charge in [-0.15, -0.1) is 12.4 Å². The number of thiazole rings is 1. The number of anilines is 1. The molecule has 150 valence electrons. The quantitative estimate of drug-likeness (QED) is 0.645. The van der Waals surface area contributed by atoms with Crippen molar-refractivity contribution in [3.05, 3.63) is 22.7 Å². The summed E-state index contributed by atoms with van der Waals surface area (Å²) in [4.78, 5) is 21.7. The van der Waals surface area contributed by atoms with E-state index in [-0.39, 0.29) is 18.3 Å². The summed E-state index contributed by atoms with van der Waals surface area (Å²) in [6.45, 7) is 9.24. The molecular formula is C19H27Cl2N3O2S. The number of fused-ring (bicyclic) bond motifs is 1. The number of amides is 1. The first-order valence-electron chi connectivity index (χ1n) is 9.26. The summed E-state index contributed by atoms with van der Waals surface area (Å²) < 4.78 is 6.47. The zero-order valence-corrected chi connectivity index (χ0v) is 18.3. The molecule has 3 rings (SSSR count). The van der Waals surface area contributed by atoms with Gasteiger partial charge in [0.15, 0.2) is 5.13 Å². The van der Waals surface area contributed by atoms with Gasteiger partial charge in [-0.1, -0.05) is 29.9 Å². The van der Waals surface area contributed by atoms with Crippen molar-refractivity contribution in [2.75, 3.05) is 44.3 Å². The van der Waals surface area contributed by atoms with E-state index in [9.17, 15) is 4.79 Å². The van der Waals surface area contributed by atoms with Gasteiger partial charge in [-0.05, 0) is 37.5 Å². The lowest BCUT2D eigenvalue weighted by atomic mass is 10.2. The van der Waals surface area contributed by atoms with Gasteiger partial charge >= 0.3 is 0 Å². The second-order valence-corrected chi connectivity index (χ2v) is 8.03. The third kappa shape index (κ3) is 5.55. The third-order valence-corrected chi connectivity index (χ3v) is 6.15. The van der Waals surface area contributed by atoms with E-state index in [4.69, 9.17) is 21.3 Å². The predicted molar refractivity (Wildman–Crippen MR) is 116 cm³/mol. The Morgan fingerprint density at radius 3 is 2.81 bits per heavy atom. The topological polar surface area (TPSA) is 45.7 Å². The minimum atomic E-state index is 0. The number of rotatable bonds is 7. The van der Waals surface area contributed by atoms with Gasteiger partial charge in [0, 0.05) is 37.6 Å². The number of halogens is 2. The molecule has 0 radical (unpaired) electrons. The highest BCUT2D eigenvalue weighted by Gasteiger charge is 2.20. The Balaban J connectivity index is 0.00000261.